The second-order valence-electron chi connectivity index (χ2n) is 8.61. The number of nitrogens with zero attached hydrogens (tertiary/aromatic N) is 2. The third kappa shape index (κ3) is 4.59. The van der Waals surface area contributed by atoms with Gasteiger partial charge in [-0.15, -0.1) is 0 Å². The Hall–Kier alpha value is -3.41. The molecule has 0 aliphatic heterocycles. The molecule has 1 aliphatic rings. The number of hydrogen-bond acceptors (Lipinski definition) is 4. The van der Waals surface area contributed by atoms with Crippen LogP contribution in [0.25, 0.3) is 16.8 Å². The fraction of sp³-hybridized carbons (Fsp3) is 0.346. The molecule has 0 atom stereocenters. The average Bonchev–Trinajstić information content (AvgIpc) is 3.43. The first kappa shape index (κ1) is 21.8. The molecule has 4 rings (SSSR count). The van der Waals surface area contributed by atoms with Gasteiger partial charge in [0.2, 0.25) is 11.8 Å². The number of nitrogens with one attached hydrogen (secondary N) is 1. The Labute approximate surface area is 188 Å². The van der Waals surface area contributed by atoms with E-state index in [1.54, 1.807) is 4.68 Å². The molecular weight excluding hydrogens is 402 g/mol. The van der Waals surface area contributed by atoms with E-state index in [1.165, 1.54) is 6.92 Å². The van der Waals surface area contributed by atoms with Crippen molar-refractivity contribution in [3.05, 3.63) is 60.3 Å². The van der Waals surface area contributed by atoms with Gasteiger partial charge in [-0.2, -0.15) is 9.78 Å². The number of amides is 1. The maximum atomic E-state index is 12.5. The third-order valence-corrected chi connectivity index (χ3v) is 5.83. The van der Waals surface area contributed by atoms with Crippen LogP contribution in [0, 0.1) is 5.92 Å². The maximum absolute atomic E-state index is 12.5. The normalized spacial score (nSPS) is 14.0. The van der Waals surface area contributed by atoms with E-state index in [2.05, 4.69) is 19.2 Å². The molecule has 0 spiro atoms. The standard InChI is InChI=1S/C26H29N3O3/c1-17(2)24-23(26(32-18(3)30)29(28-24)22-11-5-4-6-12-22)19-13-15-21(16-14-19)27-25(31)20-9-7-8-10-20/h4-6,11-17,20H,7-10H2,1-3H3,(H,27,31). The topological polar surface area (TPSA) is 73.2 Å². The van der Waals surface area contributed by atoms with E-state index < -0.39 is 5.97 Å². The molecule has 6 heteroatoms. The first-order valence-corrected chi connectivity index (χ1v) is 11.2. The smallest absolute Gasteiger partial charge is 0.309 e. The second-order valence-corrected chi connectivity index (χ2v) is 8.61. The summed E-state index contributed by atoms with van der Waals surface area (Å²) in [5.41, 5.74) is 4.09. The summed E-state index contributed by atoms with van der Waals surface area (Å²) in [6.07, 6.45) is 4.18. The van der Waals surface area contributed by atoms with Crippen LogP contribution in [0.4, 0.5) is 5.69 Å². The average molecular weight is 432 g/mol. The highest BCUT2D eigenvalue weighted by atomic mass is 16.5. The van der Waals surface area contributed by atoms with Gasteiger partial charge in [-0.05, 0) is 48.6 Å². The summed E-state index contributed by atoms with van der Waals surface area (Å²) < 4.78 is 7.35. The molecule has 1 N–H and O–H groups in total. The van der Waals surface area contributed by atoms with Crippen molar-refractivity contribution in [3.8, 4) is 22.7 Å². The summed E-state index contributed by atoms with van der Waals surface area (Å²) in [6.45, 7) is 5.52. The highest BCUT2D eigenvalue weighted by Crippen LogP contribution is 2.39. The molecule has 6 nitrogen and oxygen atoms in total. The number of ether oxygens (including phenoxy) is 1. The number of rotatable bonds is 6. The molecule has 0 saturated heterocycles. The molecule has 0 unspecified atom stereocenters. The van der Waals surface area contributed by atoms with Gasteiger partial charge >= 0.3 is 5.97 Å². The molecule has 3 aromatic rings. The molecule has 1 fully saturated rings. The van der Waals surface area contributed by atoms with E-state index in [0.717, 1.165) is 53.9 Å². The summed E-state index contributed by atoms with van der Waals surface area (Å²) in [4.78, 5) is 24.4. The highest BCUT2D eigenvalue weighted by Gasteiger charge is 2.26. The lowest BCUT2D eigenvalue weighted by molar-refractivity contribution is -0.132. The molecule has 32 heavy (non-hydrogen) atoms. The molecule has 166 valence electrons. The minimum absolute atomic E-state index is 0.0932. The van der Waals surface area contributed by atoms with E-state index in [4.69, 9.17) is 9.84 Å². The molecule has 1 saturated carbocycles. The molecule has 1 aliphatic carbocycles. The van der Waals surface area contributed by atoms with E-state index >= 15 is 0 Å². The minimum Gasteiger partial charge on any atom is -0.407 e. The number of carbonyl (C=O) groups is 2. The van der Waals surface area contributed by atoms with Crippen LogP contribution in [0.15, 0.2) is 54.6 Å². The van der Waals surface area contributed by atoms with Crippen molar-refractivity contribution in [2.75, 3.05) is 5.32 Å². The van der Waals surface area contributed by atoms with Crippen LogP contribution in [0.5, 0.6) is 5.88 Å². The fourth-order valence-electron chi connectivity index (χ4n) is 4.22. The largest absolute Gasteiger partial charge is 0.407 e. The van der Waals surface area contributed by atoms with Crippen molar-refractivity contribution in [1.29, 1.82) is 0 Å². The predicted molar refractivity (Wildman–Crippen MR) is 125 cm³/mol. The SMILES string of the molecule is CC(=O)Oc1c(-c2ccc(NC(=O)C3CCCC3)cc2)c(C(C)C)nn1-c1ccccc1. The Bertz CT molecular complexity index is 1100. The zero-order valence-electron chi connectivity index (χ0n) is 18.8. The van der Waals surface area contributed by atoms with Gasteiger partial charge in [0.05, 0.1) is 16.9 Å². The van der Waals surface area contributed by atoms with Crippen molar-refractivity contribution in [3.63, 3.8) is 0 Å². The number of benzene rings is 2. The van der Waals surface area contributed by atoms with E-state index in [1.807, 2.05) is 54.6 Å². The van der Waals surface area contributed by atoms with Crippen LogP contribution in [-0.2, 0) is 9.59 Å². The molecule has 2 aromatic carbocycles. The second kappa shape index (κ2) is 9.39. The summed E-state index contributed by atoms with van der Waals surface area (Å²) in [6, 6.07) is 17.3. The quantitative estimate of drug-likeness (QED) is 0.507. The van der Waals surface area contributed by atoms with Crippen LogP contribution in [0.1, 0.15) is 58.1 Å². The number of carbonyl (C=O) groups excluding carboxylic acids is 2. The molecule has 0 bridgehead atoms. The van der Waals surface area contributed by atoms with Crippen LogP contribution in [-0.4, -0.2) is 21.7 Å². The van der Waals surface area contributed by atoms with Gasteiger partial charge in [-0.1, -0.05) is 57.0 Å². The highest BCUT2D eigenvalue weighted by molar-refractivity contribution is 5.93. The van der Waals surface area contributed by atoms with Crippen LogP contribution in [0.2, 0.25) is 0 Å². The van der Waals surface area contributed by atoms with Gasteiger partial charge in [0, 0.05) is 18.5 Å². The van der Waals surface area contributed by atoms with Crippen molar-refractivity contribution < 1.29 is 14.3 Å². The first-order valence-electron chi connectivity index (χ1n) is 11.2. The zero-order valence-corrected chi connectivity index (χ0v) is 18.8. The Balaban J connectivity index is 1.72. The molecule has 1 heterocycles. The Kier molecular flexibility index (Phi) is 6.40. The monoisotopic (exact) mass is 431 g/mol. The Morgan fingerprint density at radius 3 is 2.28 bits per heavy atom. The number of para-hydroxylation sites is 1. The zero-order chi connectivity index (χ0) is 22.7. The van der Waals surface area contributed by atoms with Gasteiger partial charge in [0.25, 0.3) is 0 Å². The third-order valence-electron chi connectivity index (χ3n) is 5.83. The fourth-order valence-corrected chi connectivity index (χ4v) is 4.22. The van der Waals surface area contributed by atoms with Crippen molar-refractivity contribution in [2.24, 2.45) is 5.92 Å². The van der Waals surface area contributed by atoms with Gasteiger partial charge in [0.1, 0.15) is 0 Å². The molecule has 1 amide bonds. The number of aromatic nitrogens is 2. The minimum atomic E-state index is -0.404. The van der Waals surface area contributed by atoms with E-state index in [-0.39, 0.29) is 17.7 Å². The lowest BCUT2D eigenvalue weighted by Crippen LogP contribution is -2.20. The van der Waals surface area contributed by atoms with Crippen LogP contribution < -0.4 is 10.1 Å². The van der Waals surface area contributed by atoms with E-state index in [9.17, 15) is 9.59 Å². The summed E-state index contributed by atoms with van der Waals surface area (Å²) in [7, 11) is 0. The summed E-state index contributed by atoms with van der Waals surface area (Å²) >= 11 is 0. The Morgan fingerprint density at radius 1 is 1.03 bits per heavy atom. The Morgan fingerprint density at radius 2 is 1.69 bits per heavy atom. The van der Waals surface area contributed by atoms with Gasteiger partial charge in [0.15, 0.2) is 0 Å². The molecule has 1 aromatic heterocycles. The van der Waals surface area contributed by atoms with Gasteiger partial charge in [-0.25, -0.2) is 0 Å². The van der Waals surface area contributed by atoms with Crippen molar-refractivity contribution in [2.45, 2.75) is 52.4 Å². The molecule has 0 radical (unpaired) electrons. The van der Waals surface area contributed by atoms with Crippen molar-refractivity contribution in [1.82, 2.24) is 9.78 Å². The van der Waals surface area contributed by atoms with Crippen LogP contribution in [0.3, 0.4) is 0 Å². The predicted octanol–water partition coefficient (Wildman–Crippen LogP) is 5.72. The number of hydrogen-bond donors (Lipinski definition) is 1. The lowest BCUT2D eigenvalue weighted by Gasteiger charge is -2.12. The number of esters is 1. The maximum Gasteiger partial charge on any atom is 0.309 e. The summed E-state index contributed by atoms with van der Waals surface area (Å²) in [5.74, 6) is 0.317. The van der Waals surface area contributed by atoms with Gasteiger partial charge in [-0.3, -0.25) is 9.59 Å². The molecular formula is C26H29N3O3. The number of anilines is 1. The lowest BCUT2D eigenvalue weighted by atomic mass is 9.99. The summed E-state index contributed by atoms with van der Waals surface area (Å²) in [5, 5.41) is 7.83. The van der Waals surface area contributed by atoms with Crippen molar-refractivity contribution >= 4 is 17.6 Å². The van der Waals surface area contributed by atoms with E-state index in [0.29, 0.717) is 5.88 Å². The first-order chi connectivity index (χ1) is 15.4. The van der Waals surface area contributed by atoms with Gasteiger partial charge < -0.3 is 10.1 Å². The van der Waals surface area contributed by atoms with Crippen LogP contribution >= 0.6 is 0 Å².